The van der Waals surface area contributed by atoms with Crippen molar-refractivity contribution in [2.75, 3.05) is 47.5 Å². The molecule has 0 aliphatic heterocycles. The van der Waals surface area contributed by atoms with Crippen molar-refractivity contribution < 1.29 is 42.1 Å². The van der Waals surface area contributed by atoms with E-state index in [2.05, 4.69) is 111 Å². The van der Waals surface area contributed by atoms with Crippen molar-refractivity contribution in [2.24, 2.45) is 0 Å². The first-order valence-corrected chi connectivity index (χ1v) is 25.5. The van der Waals surface area contributed by atoms with E-state index < -0.39 is 32.5 Å². The number of carbonyl (C=O) groups is 2. The first-order chi connectivity index (χ1) is 30.0. The molecule has 0 aliphatic carbocycles. The van der Waals surface area contributed by atoms with Crippen molar-refractivity contribution in [3.05, 3.63) is 97.2 Å². The zero-order valence-electron chi connectivity index (χ0n) is 39.8. The van der Waals surface area contributed by atoms with Gasteiger partial charge in [-0.2, -0.15) is 0 Å². The minimum absolute atomic E-state index is 0.0141. The molecule has 2 atom stereocenters. The van der Waals surface area contributed by atoms with Gasteiger partial charge in [0.25, 0.3) is 0 Å². The van der Waals surface area contributed by atoms with Gasteiger partial charge in [0.05, 0.1) is 27.7 Å². The molecule has 62 heavy (non-hydrogen) atoms. The smallest absolute Gasteiger partial charge is 0.462 e. The molecule has 0 aromatic heterocycles. The van der Waals surface area contributed by atoms with E-state index in [0.29, 0.717) is 23.9 Å². The molecule has 0 bridgehead atoms. The van der Waals surface area contributed by atoms with Crippen LogP contribution in [-0.2, 0) is 32.7 Å². The zero-order chi connectivity index (χ0) is 45.7. The Bertz CT molecular complexity index is 1370. The average Bonchev–Trinajstić information content (AvgIpc) is 3.23. The lowest BCUT2D eigenvalue weighted by molar-refractivity contribution is -0.870. The molecule has 0 aromatic rings. The summed E-state index contributed by atoms with van der Waals surface area (Å²) >= 11 is 0. The summed E-state index contributed by atoms with van der Waals surface area (Å²) in [6.45, 7) is 4.27. The van der Waals surface area contributed by atoms with E-state index in [1.807, 2.05) is 21.1 Å². The second-order valence-corrected chi connectivity index (χ2v) is 18.2. The quantitative estimate of drug-likeness (QED) is 0.0212. The second-order valence-electron chi connectivity index (χ2n) is 16.8. The number of phosphoric ester groups is 1. The fraction of sp³-hybridized carbons (Fsp3) is 0.654. The van der Waals surface area contributed by atoms with E-state index in [1.165, 1.54) is 51.4 Å². The SMILES string of the molecule is CCCCC/C=C/C/C=C/C/C=C/C/C=C/CCCCCC(=O)OC[C@H](COP(=O)(O)OCC[N+](C)(C)C)OC(=O)CCCCC/C=C/C/C=C/C/C=C/C/C=C/CCCCC. The van der Waals surface area contributed by atoms with Gasteiger partial charge in [-0.1, -0.05) is 150 Å². The molecule has 0 saturated carbocycles. The molecule has 1 N–H and O–H groups in total. The Morgan fingerprint density at radius 2 is 0.871 bits per heavy atom. The first-order valence-electron chi connectivity index (χ1n) is 24.0. The molecular formula is C52H89NO8P+. The first kappa shape index (κ1) is 58.9. The molecule has 0 fully saturated rings. The van der Waals surface area contributed by atoms with Crippen LogP contribution in [0.4, 0.5) is 0 Å². The number of allylic oxidation sites excluding steroid dienone is 16. The lowest BCUT2D eigenvalue weighted by Gasteiger charge is -2.24. The number of quaternary nitrogens is 1. The monoisotopic (exact) mass is 887 g/mol. The van der Waals surface area contributed by atoms with Gasteiger partial charge in [0.1, 0.15) is 19.8 Å². The lowest BCUT2D eigenvalue weighted by Crippen LogP contribution is -2.37. The number of likely N-dealkylation sites (N-methyl/N-ethyl adjacent to an activating group) is 1. The van der Waals surface area contributed by atoms with Crippen LogP contribution in [0.5, 0.6) is 0 Å². The Labute approximate surface area is 379 Å². The molecule has 1 unspecified atom stereocenters. The van der Waals surface area contributed by atoms with Crippen molar-refractivity contribution in [3.63, 3.8) is 0 Å². The number of esters is 2. The largest absolute Gasteiger partial charge is 0.472 e. The van der Waals surface area contributed by atoms with Gasteiger partial charge in [0.2, 0.25) is 0 Å². The van der Waals surface area contributed by atoms with Crippen LogP contribution >= 0.6 is 7.82 Å². The highest BCUT2D eigenvalue weighted by atomic mass is 31.2. The standard InChI is InChI=1S/C52H88NO8P/c1-6-8-10-12-14-16-18-20-22-24-26-28-30-32-34-36-38-40-42-44-51(54)58-48-50(49-60-62(56,57)59-47-46-53(3,4)5)61-52(55)45-43-41-39-37-35-33-31-29-27-25-23-21-19-17-15-13-11-9-7-2/h14-17,20-23,26-29,32-35,50H,6-13,18-19,24-25,30-31,36-49H2,1-5H3/p+1/b16-14+,17-15+,22-20+,23-21+,28-26+,29-27+,34-32+,35-33+/t50-/m1/s1. The highest BCUT2D eigenvalue weighted by Gasteiger charge is 2.27. The van der Waals surface area contributed by atoms with E-state index in [0.717, 1.165) is 77.0 Å². The molecule has 0 aromatic carbocycles. The second kappa shape index (κ2) is 43.2. The highest BCUT2D eigenvalue weighted by molar-refractivity contribution is 7.47. The van der Waals surface area contributed by atoms with Gasteiger partial charge in [-0.3, -0.25) is 18.6 Å². The summed E-state index contributed by atoms with van der Waals surface area (Å²) in [7, 11) is 1.42. The van der Waals surface area contributed by atoms with Crippen molar-refractivity contribution in [1.29, 1.82) is 0 Å². The number of hydrogen-bond donors (Lipinski definition) is 1. The Kier molecular flexibility index (Phi) is 41.1. The minimum atomic E-state index is -4.40. The number of hydrogen-bond acceptors (Lipinski definition) is 7. The molecule has 10 heteroatoms. The molecule has 0 heterocycles. The van der Waals surface area contributed by atoms with Crippen molar-refractivity contribution in [3.8, 4) is 0 Å². The molecule has 0 aliphatic rings. The van der Waals surface area contributed by atoms with Crippen LogP contribution in [0.3, 0.4) is 0 Å². The van der Waals surface area contributed by atoms with Crippen molar-refractivity contribution in [1.82, 2.24) is 0 Å². The van der Waals surface area contributed by atoms with Crippen LogP contribution in [0.1, 0.15) is 168 Å². The van der Waals surface area contributed by atoms with E-state index in [4.69, 9.17) is 18.5 Å². The van der Waals surface area contributed by atoms with E-state index in [-0.39, 0.29) is 26.1 Å². The van der Waals surface area contributed by atoms with Gasteiger partial charge in [0.15, 0.2) is 6.10 Å². The zero-order valence-corrected chi connectivity index (χ0v) is 40.7. The van der Waals surface area contributed by atoms with Crippen LogP contribution in [0.15, 0.2) is 97.2 Å². The fourth-order valence-electron chi connectivity index (χ4n) is 5.80. The summed E-state index contributed by atoms with van der Waals surface area (Å²) in [5, 5.41) is 0. The van der Waals surface area contributed by atoms with Crippen LogP contribution in [0.25, 0.3) is 0 Å². The maximum absolute atomic E-state index is 12.7. The van der Waals surface area contributed by atoms with Crippen molar-refractivity contribution in [2.45, 2.75) is 174 Å². The summed E-state index contributed by atoms with van der Waals surface area (Å²) in [5.41, 5.74) is 0. The molecule has 0 saturated heterocycles. The molecule has 354 valence electrons. The highest BCUT2D eigenvalue weighted by Crippen LogP contribution is 2.43. The van der Waals surface area contributed by atoms with Crippen LogP contribution in [0.2, 0.25) is 0 Å². The molecule has 9 nitrogen and oxygen atoms in total. The summed E-state index contributed by atoms with van der Waals surface area (Å²) in [6, 6.07) is 0. The van der Waals surface area contributed by atoms with Gasteiger partial charge < -0.3 is 18.9 Å². The Balaban J connectivity index is 4.47. The number of nitrogens with zero attached hydrogens (tertiary/aromatic N) is 1. The van der Waals surface area contributed by atoms with Gasteiger partial charge in [-0.25, -0.2) is 4.57 Å². The lowest BCUT2D eigenvalue weighted by atomic mass is 10.1. The number of rotatable bonds is 42. The number of carbonyl (C=O) groups excluding carboxylic acids is 2. The van der Waals surface area contributed by atoms with E-state index in [9.17, 15) is 19.0 Å². The Morgan fingerprint density at radius 3 is 1.26 bits per heavy atom. The average molecular weight is 887 g/mol. The predicted octanol–water partition coefficient (Wildman–Crippen LogP) is 14.1. The third kappa shape index (κ3) is 46.4. The number of phosphoric acid groups is 1. The van der Waals surface area contributed by atoms with E-state index >= 15 is 0 Å². The van der Waals surface area contributed by atoms with Crippen molar-refractivity contribution >= 4 is 19.8 Å². The molecule has 0 amide bonds. The molecule has 0 spiro atoms. The van der Waals surface area contributed by atoms with Gasteiger partial charge >= 0.3 is 19.8 Å². The van der Waals surface area contributed by atoms with E-state index in [1.54, 1.807) is 0 Å². The van der Waals surface area contributed by atoms with Crippen LogP contribution in [-0.4, -0.2) is 74.9 Å². The predicted molar refractivity (Wildman–Crippen MR) is 261 cm³/mol. The summed E-state index contributed by atoms with van der Waals surface area (Å²) < 4.78 is 34.3. The summed E-state index contributed by atoms with van der Waals surface area (Å²) in [4.78, 5) is 35.5. The minimum Gasteiger partial charge on any atom is -0.462 e. The molecule has 0 rings (SSSR count). The normalized spacial score (nSPS) is 14.4. The Hall–Kier alpha value is -3.07. The molecular weight excluding hydrogens is 798 g/mol. The summed E-state index contributed by atoms with van der Waals surface area (Å²) in [6.07, 6.45) is 57.4. The topological polar surface area (TPSA) is 108 Å². The maximum atomic E-state index is 12.7. The molecule has 0 radical (unpaired) electrons. The summed E-state index contributed by atoms with van der Waals surface area (Å²) in [5.74, 6) is -0.880. The van der Waals surface area contributed by atoms with Gasteiger partial charge in [-0.15, -0.1) is 0 Å². The number of unbranched alkanes of at least 4 members (excludes halogenated alkanes) is 12. The maximum Gasteiger partial charge on any atom is 0.472 e. The van der Waals surface area contributed by atoms with Gasteiger partial charge in [-0.05, 0) is 103 Å². The Morgan fingerprint density at radius 1 is 0.500 bits per heavy atom. The van der Waals surface area contributed by atoms with Gasteiger partial charge in [0, 0.05) is 12.8 Å². The fourth-order valence-corrected chi connectivity index (χ4v) is 6.54. The number of ether oxygens (including phenoxy) is 2. The van der Waals surface area contributed by atoms with Crippen LogP contribution in [0, 0.1) is 0 Å². The third-order valence-corrected chi connectivity index (χ3v) is 10.6. The third-order valence-electron chi connectivity index (χ3n) is 9.59. The van der Waals surface area contributed by atoms with Crippen LogP contribution < -0.4 is 0 Å².